The van der Waals surface area contributed by atoms with Gasteiger partial charge in [0.05, 0.1) is 27.6 Å². The third kappa shape index (κ3) is 2.84. The number of aromatic nitrogens is 3. The molecule has 0 radical (unpaired) electrons. The molecular weight excluding hydrogens is 364 g/mol. The number of hydrogen-bond donors (Lipinski definition) is 0. The van der Waals surface area contributed by atoms with Crippen LogP contribution in [0.3, 0.4) is 0 Å². The van der Waals surface area contributed by atoms with Gasteiger partial charge < -0.3 is 9.30 Å². The van der Waals surface area contributed by atoms with Crippen LogP contribution in [0.1, 0.15) is 12.8 Å². The number of nitrogens with zero attached hydrogens (tertiary/aromatic N) is 4. The van der Waals surface area contributed by atoms with Gasteiger partial charge in [-0.2, -0.15) is 0 Å². The average Bonchev–Trinajstić information content (AvgIpc) is 3.33. The molecule has 1 aliphatic heterocycles. The Balaban J connectivity index is 2.03. The van der Waals surface area contributed by atoms with Crippen LogP contribution in [0.2, 0.25) is 0 Å². The van der Waals surface area contributed by atoms with Crippen LogP contribution in [0.5, 0.6) is 0 Å². The highest BCUT2D eigenvalue weighted by Crippen LogP contribution is 2.31. The smallest absolute Gasteiger partial charge is 0.330 e. The molecule has 0 saturated carbocycles. The summed E-state index contributed by atoms with van der Waals surface area (Å²) in [7, 11) is 3.04. The normalized spacial score (nSPS) is 16.7. The molecule has 2 aromatic heterocycles. The van der Waals surface area contributed by atoms with E-state index in [4.69, 9.17) is 4.74 Å². The molecule has 4 rings (SSSR count). The molecule has 1 atom stereocenters. The quantitative estimate of drug-likeness (QED) is 0.504. The maximum Gasteiger partial charge on any atom is 0.330 e. The van der Waals surface area contributed by atoms with Gasteiger partial charge in [0.25, 0.3) is 11.2 Å². The fourth-order valence-corrected chi connectivity index (χ4v) is 3.82. The molecule has 0 spiro atoms. The highest BCUT2D eigenvalue weighted by molar-refractivity contribution is 5.94. The lowest BCUT2D eigenvalue weighted by atomic mass is 10.1. The van der Waals surface area contributed by atoms with Gasteiger partial charge in [-0.25, -0.2) is 4.79 Å². The van der Waals surface area contributed by atoms with Crippen molar-refractivity contribution in [2.24, 2.45) is 14.1 Å². The number of rotatable bonds is 4. The van der Waals surface area contributed by atoms with Crippen LogP contribution in [-0.2, 0) is 25.4 Å². The fraction of sp³-hybridized carbons (Fsp3) is 0.368. The van der Waals surface area contributed by atoms with E-state index < -0.39 is 16.2 Å². The molecule has 146 valence electrons. The highest BCUT2D eigenvalue weighted by atomic mass is 16.6. The Morgan fingerprint density at radius 3 is 2.71 bits per heavy atom. The summed E-state index contributed by atoms with van der Waals surface area (Å²) < 4.78 is 10.1. The van der Waals surface area contributed by atoms with E-state index in [1.165, 1.54) is 23.7 Å². The lowest BCUT2D eigenvalue weighted by molar-refractivity contribution is -0.384. The van der Waals surface area contributed by atoms with E-state index in [0.717, 1.165) is 17.4 Å². The number of non-ortho nitro benzene ring substituents is 1. The maximum atomic E-state index is 12.9. The van der Waals surface area contributed by atoms with E-state index in [0.29, 0.717) is 35.3 Å². The fourth-order valence-electron chi connectivity index (χ4n) is 3.82. The van der Waals surface area contributed by atoms with Crippen LogP contribution in [0.25, 0.3) is 22.2 Å². The Labute approximate surface area is 159 Å². The monoisotopic (exact) mass is 384 g/mol. The molecular formula is C19H20N4O5. The van der Waals surface area contributed by atoms with Crippen molar-refractivity contribution in [3.8, 4) is 11.3 Å². The molecule has 9 nitrogen and oxygen atoms in total. The minimum atomic E-state index is -0.465. The molecule has 0 bridgehead atoms. The summed E-state index contributed by atoms with van der Waals surface area (Å²) in [4.78, 5) is 36.1. The van der Waals surface area contributed by atoms with Crippen molar-refractivity contribution >= 4 is 16.6 Å². The van der Waals surface area contributed by atoms with E-state index in [-0.39, 0.29) is 11.8 Å². The zero-order valence-corrected chi connectivity index (χ0v) is 15.6. The van der Waals surface area contributed by atoms with Crippen LogP contribution in [0.15, 0.2) is 40.1 Å². The van der Waals surface area contributed by atoms with E-state index in [1.807, 2.05) is 4.57 Å². The average molecular weight is 384 g/mol. The van der Waals surface area contributed by atoms with E-state index in [1.54, 1.807) is 25.4 Å². The van der Waals surface area contributed by atoms with Crippen LogP contribution in [0, 0.1) is 10.1 Å². The van der Waals surface area contributed by atoms with Crippen LogP contribution < -0.4 is 11.2 Å². The second-order valence-corrected chi connectivity index (χ2v) is 7.04. The first-order chi connectivity index (χ1) is 13.4. The van der Waals surface area contributed by atoms with Gasteiger partial charge in [0.2, 0.25) is 0 Å². The number of hydrogen-bond acceptors (Lipinski definition) is 5. The molecule has 0 amide bonds. The lowest BCUT2D eigenvalue weighted by Gasteiger charge is -2.14. The van der Waals surface area contributed by atoms with Gasteiger partial charge in [-0.3, -0.25) is 24.0 Å². The summed E-state index contributed by atoms with van der Waals surface area (Å²) in [6.07, 6.45) is 3.63. The zero-order chi connectivity index (χ0) is 20.0. The van der Waals surface area contributed by atoms with Gasteiger partial charge in [-0.05, 0) is 12.8 Å². The Bertz CT molecular complexity index is 1200. The molecule has 28 heavy (non-hydrogen) atoms. The molecule has 1 aliphatic rings. The number of aryl methyl sites for hydroxylation is 1. The second-order valence-electron chi connectivity index (χ2n) is 7.04. The summed E-state index contributed by atoms with van der Waals surface area (Å²) in [6, 6.07) is 6.19. The van der Waals surface area contributed by atoms with Gasteiger partial charge in [-0.1, -0.05) is 12.1 Å². The molecule has 1 aromatic carbocycles. The Kier molecular flexibility index (Phi) is 4.38. The molecule has 1 saturated heterocycles. The molecule has 0 unspecified atom stereocenters. The maximum absolute atomic E-state index is 12.9. The summed E-state index contributed by atoms with van der Waals surface area (Å²) in [5.41, 5.74) is 0.705. The minimum absolute atomic E-state index is 0.000130. The SMILES string of the molecule is Cn1c(=O)c2c(-c3cccc([N+](=O)[O-])c3)n(C[C@@H]3CCCO3)cc2n(C)c1=O. The zero-order valence-electron chi connectivity index (χ0n) is 15.6. The molecule has 3 heterocycles. The number of benzene rings is 1. The van der Waals surface area contributed by atoms with Gasteiger partial charge in [0.1, 0.15) is 0 Å². The van der Waals surface area contributed by atoms with Crippen LogP contribution in [0.4, 0.5) is 5.69 Å². The minimum Gasteiger partial charge on any atom is -0.376 e. The summed E-state index contributed by atoms with van der Waals surface area (Å²) in [5, 5.41) is 11.6. The van der Waals surface area contributed by atoms with Gasteiger partial charge in [0.15, 0.2) is 0 Å². The molecule has 3 aromatic rings. The van der Waals surface area contributed by atoms with E-state index in [9.17, 15) is 19.7 Å². The summed E-state index contributed by atoms with van der Waals surface area (Å²) in [6.45, 7) is 1.20. The summed E-state index contributed by atoms with van der Waals surface area (Å²) >= 11 is 0. The third-order valence-electron chi connectivity index (χ3n) is 5.27. The lowest BCUT2D eigenvalue weighted by Crippen LogP contribution is -2.36. The van der Waals surface area contributed by atoms with E-state index in [2.05, 4.69) is 0 Å². The first-order valence-corrected chi connectivity index (χ1v) is 9.03. The van der Waals surface area contributed by atoms with Crippen molar-refractivity contribution in [1.82, 2.24) is 13.7 Å². The first kappa shape index (κ1) is 18.2. The second kappa shape index (κ2) is 6.75. The number of fused-ring (bicyclic) bond motifs is 1. The van der Waals surface area contributed by atoms with Crippen LogP contribution in [-0.4, -0.2) is 31.3 Å². The van der Waals surface area contributed by atoms with Gasteiger partial charge >= 0.3 is 5.69 Å². The molecule has 9 heteroatoms. The first-order valence-electron chi connectivity index (χ1n) is 9.03. The topological polar surface area (TPSA) is 101 Å². The Morgan fingerprint density at radius 1 is 1.25 bits per heavy atom. The standard InChI is InChI=1S/C19H20N4O5/c1-20-15-11-22(10-14-7-4-8-28-14)17(16(15)18(24)21(2)19(20)25)12-5-3-6-13(9-12)23(26)27/h3,5-6,9,11,14H,4,7-8,10H2,1-2H3/t14-/m0/s1. The van der Waals surface area contributed by atoms with Gasteiger partial charge in [-0.15, -0.1) is 0 Å². The Hall–Kier alpha value is -3.20. The molecule has 0 N–H and O–H groups in total. The molecule has 0 aliphatic carbocycles. The van der Waals surface area contributed by atoms with Crippen molar-refractivity contribution in [2.45, 2.75) is 25.5 Å². The van der Waals surface area contributed by atoms with Crippen molar-refractivity contribution in [3.05, 3.63) is 61.4 Å². The number of nitro benzene ring substituents is 1. The predicted octanol–water partition coefficient (Wildman–Crippen LogP) is 1.79. The van der Waals surface area contributed by atoms with Crippen molar-refractivity contribution in [2.75, 3.05) is 6.61 Å². The van der Waals surface area contributed by atoms with Crippen LogP contribution >= 0.6 is 0 Å². The van der Waals surface area contributed by atoms with Crippen molar-refractivity contribution in [1.29, 1.82) is 0 Å². The third-order valence-corrected chi connectivity index (χ3v) is 5.27. The largest absolute Gasteiger partial charge is 0.376 e. The molecule has 1 fully saturated rings. The van der Waals surface area contributed by atoms with E-state index >= 15 is 0 Å². The number of ether oxygens (including phenoxy) is 1. The Morgan fingerprint density at radius 2 is 2.04 bits per heavy atom. The van der Waals surface area contributed by atoms with Gasteiger partial charge in [0, 0.05) is 51.1 Å². The summed E-state index contributed by atoms with van der Waals surface area (Å²) in [5.74, 6) is 0. The highest BCUT2D eigenvalue weighted by Gasteiger charge is 2.23. The van der Waals surface area contributed by atoms with Crippen molar-refractivity contribution < 1.29 is 9.66 Å². The predicted molar refractivity (Wildman–Crippen MR) is 103 cm³/mol. The number of nitro groups is 1. The van der Waals surface area contributed by atoms with Crippen molar-refractivity contribution in [3.63, 3.8) is 0 Å².